The van der Waals surface area contributed by atoms with E-state index in [-0.39, 0.29) is 5.78 Å². The van der Waals surface area contributed by atoms with Crippen LogP contribution in [0.4, 0.5) is 0 Å². The van der Waals surface area contributed by atoms with E-state index in [0.717, 1.165) is 18.6 Å². The molecule has 0 aliphatic heterocycles. The molecule has 0 spiro atoms. The lowest BCUT2D eigenvalue weighted by atomic mass is 10.1. The molecule has 1 aromatic heterocycles. The maximum absolute atomic E-state index is 11.5. The summed E-state index contributed by atoms with van der Waals surface area (Å²) in [4.78, 5) is 11.5. The predicted octanol–water partition coefficient (Wildman–Crippen LogP) is 1.08. The van der Waals surface area contributed by atoms with E-state index in [4.69, 9.17) is 10.3 Å². The van der Waals surface area contributed by atoms with E-state index in [1.165, 1.54) is 6.20 Å². The topological polar surface area (TPSA) is 69.1 Å². The number of aromatic nitrogens is 1. The zero-order chi connectivity index (χ0) is 9.42. The quantitative estimate of drug-likeness (QED) is 0.707. The summed E-state index contributed by atoms with van der Waals surface area (Å²) in [6, 6.07) is -0.475. The van der Waals surface area contributed by atoms with Gasteiger partial charge in [-0.05, 0) is 19.8 Å². The number of carbonyl (C=O) groups is 1. The molecule has 2 rings (SSSR count). The van der Waals surface area contributed by atoms with Gasteiger partial charge >= 0.3 is 0 Å². The molecule has 1 aromatic rings. The largest absolute Gasteiger partial charge is 0.360 e. The van der Waals surface area contributed by atoms with Crippen LogP contribution in [0.15, 0.2) is 10.7 Å². The third-order valence-corrected chi connectivity index (χ3v) is 2.23. The fourth-order valence-corrected chi connectivity index (χ4v) is 1.32. The van der Waals surface area contributed by atoms with E-state index in [1.807, 2.05) is 0 Å². The molecule has 1 aliphatic carbocycles. The van der Waals surface area contributed by atoms with Crippen molar-refractivity contribution in [3.05, 3.63) is 17.5 Å². The number of carbonyl (C=O) groups excluding carboxylic acids is 1. The highest BCUT2D eigenvalue weighted by Crippen LogP contribution is 2.41. The molecule has 13 heavy (non-hydrogen) atoms. The maximum Gasteiger partial charge on any atom is 0.184 e. The fraction of sp³-hybridized carbons (Fsp3) is 0.556. The first-order valence-corrected chi connectivity index (χ1v) is 4.44. The minimum absolute atomic E-state index is 0.0804. The van der Waals surface area contributed by atoms with Crippen molar-refractivity contribution in [2.45, 2.75) is 31.7 Å². The van der Waals surface area contributed by atoms with Gasteiger partial charge in [-0.1, -0.05) is 5.16 Å². The van der Waals surface area contributed by atoms with Crippen molar-refractivity contribution in [3.63, 3.8) is 0 Å². The Hall–Kier alpha value is -1.16. The molecule has 1 aliphatic rings. The smallest absolute Gasteiger partial charge is 0.184 e. The van der Waals surface area contributed by atoms with E-state index in [9.17, 15) is 4.79 Å². The molecule has 0 amide bonds. The average molecular weight is 180 g/mol. The van der Waals surface area contributed by atoms with Crippen LogP contribution in [0.5, 0.6) is 0 Å². The summed E-state index contributed by atoms with van der Waals surface area (Å²) in [5, 5.41) is 3.64. The molecule has 0 bridgehead atoms. The Morgan fingerprint density at radius 1 is 1.77 bits per heavy atom. The number of ketones is 1. The highest BCUT2D eigenvalue weighted by Gasteiger charge is 2.32. The first kappa shape index (κ1) is 8.44. The monoisotopic (exact) mass is 180 g/mol. The minimum Gasteiger partial charge on any atom is -0.360 e. The van der Waals surface area contributed by atoms with Crippen LogP contribution in [0.25, 0.3) is 0 Å². The summed E-state index contributed by atoms with van der Waals surface area (Å²) in [7, 11) is 0. The lowest BCUT2D eigenvalue weighted by Gasteiger charge is -2.01. The number of hydrogen-bond donors (Lipinski definition) is 1. The van der Waals surface area contributed by atoms with Gasteiger partial charge in [-0.25, -0.2) is 0 Å². The molecule has 1 fully saturated rings. The Morgan fingerprint density at radius 3 is 3.00 bits per heavy atom. The number of nitrogens with zero attached hydrogens (tertiary/aromatic N) is 1. The fourth-order valence-electron chi connectivity index (χ4n) is 1.32. The van der Waals surface area contributed by atoms with Gasteiger partial charge < -0.3 is 10.3 Å². The molecule has 4 nitrogen and oxygen atoms in total. The number of rotatable bonds is 3. The molecule has 1 unspecified atom stereocenters. The van der Waals surface area contributed by atoms with Gasteiger partial charge in [0.15, 0.2) is 11.5 Å². The summed E-state index contributed by atoms with van der Waals surface area (Å²) < 4.78 is 5.03. The predicted molar refractivity (Wildman–Crippen MR) is 46.5 cm³/mol. The van der Waals surface area contributed by atoms with E-state index >= 15 is 0 Å². The van der Waals surface area contributed by atoms with Gasteiger partial charge in [0.1, 0.15) is 0 Å². The Balaban J connectivity index is 2.28. The number of hydrogen-bond acceptors (Lipinski definition) is 4. The zero-order valence-electron chi connectivity index (χ0n) is 7.49. The van der Waals surface area contributed by atoms with Gasteiger partial charge in [0, 0.05) is 5.92 Å². The van der Waals surface area contributed by atoms with Gasteiger partial charge in [0.2, 0.25) is 0 Å². The highest BCUT2D eigenvalue weighted by molar-refractivity contribution is 6.00. The molecule has 1 saturated carbocycles. The third kappa shape index (κ3) is 1.49. The second-order valence-electron chi connectivity index (χ2n) is 3.53. The highest BCUT2D eigenvalue weighted by atomic mass is 16.5. The lowest BCUT2D eigenvalue weighted by molar-refractivity contribution is 0.0966. The SMILES string of the molecule is CC(N)C(=O)c1cnoc1C1CC1. The van der Waals surface area contributed by atoms with Crippen molar-refractivity contribution in [2.75, 3.05) is 0 Å². The van der Waals surface area contributed by atoms with Crippen LogP contribution in [0.3, 0.4) is 0 Å². The molecular weight excluding hydrogens is 168 g/mol. The second kappa shape index (κ2) is 2.96. The Morgan fingerprint density at radius 2 is 2.46 bits per heavy atom. The van der Waals surface area contributed by atoms with Crippen molar-refractivity contribution in [1.29, 1.82) is 0 Å². The number of Topliss-reactive ketones (excluding diaryl/α,β-unsaturated/α-hetero) is 1. The second-order valence-corrected chi connectivity index (χ2v) is 3.53. The third-order valence-electron chi connectivity index (χ3n) is 2.23. The van der Waals surface area contributed by atoms with Gasteiger partial charge in [-0.15, -0.1) is 0 Å². The molecule has 2 N–H and O–H groups in total. The molecule has 70 valence electrons. The first-order chi connectivity index (χ1) is 6.20. The minimum atomic E-state index is -0.475. The normalized spacial score (nSPS) is 18.6. The lowest BCUT2D eigenvalue weighted by Crippen LogP contribution is -2.26. The van der Waals surface area contributed by atoms with Gasteiger partial charge in [0.25, 0.3) is 0 Å². The van der Waals surface area contributed by atoms with Crippen molar-refractivity contribution in [1.82, 2.24) is 5.16 Å². The summed E-state index contributed by atoms with van der Waals surface area (Å²) in [5.41, 5.74) is 6.06. The molecule has 0 radical (unpaired) electrons. The summed E-state index contributed by atoms with van der Waals surface area (Å²) in [6.45, 7) is 1.67. The first-order valence-electron chi connectivity index (χ1n) is 4.44. The van der Waals surface area contributed by atoms with Crippen molar-refractivity contribution >= 4 is 5.78 Å². The van der Waals surface area contributed by atoms with E-state index in [2.05, 4.69) is 5.16 Å². The van der Waals surface area contributed by atoms with Crippen LogP contribution in [0, 0.1) is 0 Å². The Bertz CT molecular complexity index is 326. The average Bonchev–Trinajstić information content (AvgIpc) is 2.83. The summed E-state index contributed by atoms with van der Waals surface area (Å²) in [5.74, 6) is 1.05. The summed E-state index contributed by atoms with van der Waals surface area (Å²) in [6.07, 6.45) is 3.65. The summed E-state index contributed by atoms with van der Waals surface area (Å²) >= 11 is 0. The number of nitrogens with two attached hydrogens (primary N) is 1. The molecule has 0 saturated heterocycles. The van der Waals surface area contributed by atoms with Gasteiger partial charge in [-0.2, -0.15) is 0 Å². The van der Waals surface area contributed by atoms with E-state index in [0.29, 0.717) is 11.5 Å². The van der Waals surface area contributed by atoms with Gasteiger partial charge in [-0.3, -0.25) is 4.79 Å². The molecular formula is C9H12N2O2. The standard InChI is InChI=1S/C9H12N2O2/c1-5(10)8(12)7-4-11-13-9(7)6-2-3-6/h4-6H,2-3,10H2,1H3. The molecule has 1 heterocycles. The van der Waals surface area contributed by atoms with Crippen LogP contribution in [0.2, 0.25) is 0 Å². The maximum atomic E-state index is 11.5. The zero-order valence-corrected chi connectivity index (χ0v) is 7.49. The van der Waals surface area contributed by atoms with Crippen molar-refractivity contribution < 1.29 is 9.32 Å². The molecule has 1 atom stereocenters. The van der Waals surface area contributed by atoms with Crippen molar-refractivity contribution in [2.24, 2.45) is 5.73 Å². The van der Waals surface area contributed by atoms with Crippen LogP contribution in [0.1, 0.15) is 41.8 Å². The van der Waals surface area contributed by atoms with Gasteiger partial charge in [0.05, 0.1) is 17.8 Å². The molecule has 0 aromatic carbocycles. The van der Waals surface area contributed by atoms with Crippen molar-refractivity contribution in [3.8, 4) is 0 Å². The Labute approximate surface area is 76.1 Å². The van der Waals surface area contributed by atoms with Crippen LogP contribution < -0.4 is 5.73 Å². The van der Waals surface area contributed by atoms with Crippen LogP contribution in [-0.4, -0.2) is 17.0 Å². The van der Waals surface area contributed by atoms with Crippen LogP contribution in [-0.2, 0) is 0 Å². The Kier molecular flexibility index (Phi) is 1.92. The van der Waals surface area contributed by atoms with E-state index < -0.39 is 6.04 Å². The molecule has 4 heteroatoms. The van der Waals surface area contributed by atoms with Crippen LogP contribution >= 0.6 is 0 Å². The van der Waals surface area contributed by atoms with E-state index in [1.54, 1.807) is 6.92 Å².